The van der Waals surface area contributed by atoms with Crippen LogP contribution in [0.15, 0.2) is 35.5 Å². The van der Waals surface area contributed by atoms with E-state index in [4.69, 9.17) is 4.74 Å². The summed E-state index contributed by atoms with van der Waals surface area (Å²) in [6, 6.07) is 6.52. The number of allylic oxidation sites excluding steroid dienone is 1. The largest absolute Gasteiger partial charge is 0.496 e. The lowest BCUT2D eigenvalue weighted by atomic mass is 9.92. The summed E-state index contributed by atoms with van der Waals surface area (Å²) in [5, 5.41) is 5.38. The van der Waals surface area contributed by atoms with Crippen LogP contribution in [0.3, 0.4) is 0 Å². The molecule has 0 spiro atoms. The standard InChI is InChI=1S/C14H16N2O3/c1-8-12(9(2)17)13(16-14(18)15-8)10-6-4-5-7-11(10)19-3/h4-7,13H,1-3H3,(H2,15,16,18)/t13-/m1/s1. The Bertz CT molecular complexity index is 564. The highest BCUT2D eigenvalue weighted by Crippen LogP contribution is 2.32. The monoisotopic (exact) mass is 260 g/mol. The van der Waals surface area contributed by atoms with Gasteiger partial charge in [-0.1, -0.05) is 18.2 Å². The van der Waals surface area contributed by atoms with Gasteiger partial charge in [-0.25, -0.2) is 4.79 Å². The number of Topliss-reactive ketones (excluding diaryl/α,β-unsaturated/α-hetero) is 1. The maximum atomic E-state index is 11.8. The molecule has 1 aromatic carbocycles. The maximum Gasteiger partial charge on any atom is 0.319 e. The first-order valence-electron chi connectivity index (χ1n) is 5.96. The van der Waals surface area contributed by atoms with Crippen molar-refractivity contribution in [2.75, 3.05) is 7.11 Å². The topological polar surface area (TPSA) is 67.4 Å². The molecule has 1 aromatic rings. The molecule has 1 aliphatic heterocycles. The molecule has 5 heteroatoms. The van der Waals surface area contributed by atoms with Crippen LogP contribution in [0.1, 0.15) is 25.5 Å². The molecule has 0 fully saturated rings. The van der Waals surface area contributed by atoms with Crippen LogP contribution in [0.2, 0.25) is 0 Å². The van der Waals surface area contributed by atoms with Crippen LogP contribution in [0.4, 0.5) is 4.79 Å². The van der Waals surface area contributed by atoms with Crippen molar-refractivity contribution in [3.05, 3.63) is 41.1 Å². The maximum absolute atomic E-state index is 11.8. The molecule has 0 radical (unpaired) electrons. The number of benzene rings is 1. The molecule has 19 heavy (non-hydrogen) atoms. The SMILES string of the molecule is COc1ccccc1[C@H]1NC(=O)NC(C)=C1C(C)=O. The Labute approximate surface area is 111 Å². The molecule has 0 saturated heterocycles. The second-order valence-corrected chi connectivity index (χ2v) is 4.37. The number of rotatable bonds is 3. The number of ketones is 1. The van der Waals surface area contributed by atoms with Crippen molar-refractivity contribution in [3.8, 4) is 5.75 Å². The van der Waals surface area contributed by atoms with Crippen molar-refractivity contribution in [1.29, 1.82) is 0 Å². The summed E-state index contributed by atoms with van der Waals surface area (Å²) in [6.07, 6.45) is 0. The molecule has 100 valence electrons. The lowest BCUT2D eigenvalue weighted by Gasteiger charge is -2.28. The van der Waals surface area contributed by atoms with Crippen molar-refractivity contribution in [2.45, 2.75) is 19.9 Å². The fourth-order valence-corrected chi connectivity index (χ4v) is 2.30. The molecule has 5 nitrogen and oxygen atoms in total. The van der Waals surface area contributed by atoms with Crippen LogP contribution < -0.4 is 15.4 Å². The molecule has 2 N–H and O–H groups in total. The van der Waals surface area contributed by atoms with Gasteiger partial charge in [0.2, 0.25) is 0 Å². The minimum Gasteiger partial charge on any atom is -0.496 e. The zero-order valence-corrected chi connectivity index (χ0v) is 11.1. The average molecular weight is 260 g/mol. The molecule has 1 aliphatic rings. The van der Waals surface area contributed by atoms with E-state index in [9.17, 15) is 9.59 Å². The van der Waals surface area contributed by atoms with Crippen molar-refractivity contribution in [1.82, 2.24) is 10.6 Å². The second kappa shape index (κ2) is 5.14. The van der Waals surface area contributed by atoms with Crippen molar-refractivity contribution in [3.63, 3.8) is 0 Å². The first kappa shape index (κ1) is 13.1. The van der Waals surface area contributed by atoms with Crippen molar-refractivity contribution in [2.24, 2.45) is 0 Å². The third kappa shape index (κ3) is 2.45. The zero-order chi connectivity index (χ0) is 14.0. The van der Waals surface area contributed by atoms with Crippen LogP contribution in [0.25, 0.3) is 0 Å². The molecule has 1 atom stereocenters. The predicted octanol–water partition coefficient (Wildman–Crippen LogP) is 1.91. The van der Waals surface area contributed by atoms with Gasteiger partial charge in [-0.2, -0.15) is 0 Å². The Balaban J connectivity index is 2.55. The average Bonchev–Trinajstić information content (AvgIpc) is 2.37. The summed E-state index contributed by atoms with van der Waals surface area (Å²) in [4.78, 5) is 23.4. The van der Waals surface area contributed by atoms with E-state index >= 15 is 0 Å². The van der Waals surface area contributed by atoms with E-state index in [1.807, 2.05) is 18.2 Å². The van der Waals surface area contributed by atoms with Gasteiger partial charge in [0, 0.05) is 16.8 Å². The van der Waals surface area contributed by atoms with E-state index in [1.165, 1.54) is 6.92 Å². The lowest BCUT2D eigenvalue weighted by Crippen LogP contribution is -2.44. The number of hydrogen-bond donors (Lipinski definition) is 2. The van der Waals surface area contributed by atoms with Gasteiger partial charge in [-0.05, 0) is 19.9 Å². The van der Waals surface area contributed by atoms with E-state index < -0.39 is 6.04 Å². The van der Waals surface area contributed by atoms with Crippen LogP contribution >= 0.6 is 0 Å². The first-order chi connectivity index (χ1) is 9.04. The summed E-state index contributed by atoms with van der Waals surface area (Å²) < 4.78 is 5.29. The van der Waals surface area contributed by atoms with Gasteiger partial charge in [-0.3, -0.25) is 4.79 Å². The molecule has 1 heterocycles. The number of carbonyl (C=O) groups excluding carboxylic acids is 2. The Hall–Kier alpha value is -2.30. The summed E-state index contributed by atoms with van der Waals surface area (Å²) in [6.45, 7) is 3.21. The van der Waals surface area contributed by atoms with E-state index in [2.05, 4.69) is 10.6 Å². The van der Waals surface area contributed by atoms with E-state index in [0.717, 1.165) is 5.56 Å². The van der Waals surface area contributed by atoms with Crippen LogP contribution in [-0.2, 0) is 4.79 Å². The molecule has 2 amide bonds. The van der Waals surface area contributed by atoms with Crippen LogP contribution in [-0.4, -0.2) is 18.9 Å². The van der Waals surface area contributed by atoms with Crippen LogP contribution in [0.5, 0.6) is 5.75 Å². The van der Waals surface area contributed by atoms with E-state index in [0.29, 0.717) is 17.0 Å². The highest BCUT2D eigenvalue weighted by atomic mass is 16.5. The second-order valence-electron chi connectivity index (χ2n) is 4.37. The number of carbonyl (C=O) groups is 2. The van der Waals surface area contributed by atoms with Gasteiger partial charge < -0.3 is 15.4 Å². The minimum atomic E-state index is -0.484. The summed E-state index contributed by atoms with van der Waals surface area (Å²) in [7, 11) is 1.56. The summed E-state index contributed by atoms with van der Waals surface area (Å²) in [5.41, 5.74) is 1.89. The number of para-hydroxylation sites is 1. The van der Waals surface area contributed by atoms with Gasteiger partial charge >= 0.3 is 6.03 Å². The highest BCUT2D eigenvalue weighted by molar-refractivity contribution is 5.98. The summed E-state index contributed by atoms with van der Waals surface area (Å²) >= 11 is 0. The number of urea groups is 1. The van der Waals surface area contributed by atoms with Gasteiger partial charge in [0.15, 0.2) is 5.78 Å². The zero-order valence-electron chi connectivity index (χ0n) is 11.1. The Morgan fingerprint density at radius 1 is 1.32 bits per heavy atom. The predicted molar refractivity (Wildman–Crippen MR) is 70.8 cm³/mol. The number of ether oxygens (including phenoxy) is 1. The Morgan fingerprint density at radius 3 is 2.63 bits per heavy atom. The smallest absolute Gasteiger partial charge is 0.319 e. The number of nitrogens with one attached hydrogen (secondary N) is 2. The fourth-order valence-electron chi connectivity index (χ4n) is 2.30. The molecule has 0 saturated carbocycles. The summed E-state index contributed by atoms with van der Waals surface area (Å²) in [5.74, 6) is 0.558. The van der Waals surface area contributed by atoms with Gasteiger partial charge in [0.05, 0.1) is 13.2 Å². The van der Waals surface area contributed by atoms with Gasteiger partial charge in [0.1, 0.15) is 5.75 Å². The molecule has 0 unspecified atom stereocenters. The first-order valence-corrected chi connectivity index (χ1v) is 5.96. The molecule has 0 aromatic heterocycles. The van der Waals surface area contributed by atoms with Gasteiger partial charge in [-0.15, -0.1) is 0 Å². The number of hydrogen-bond acceptors (Lipinski definition) is 3. The highest BCUT2D eigenvalue weighted by Gasteiger charge is 2.30. The number of methoxy groups -OCH3 is 1. The fraction of sp³-hybridized carbons (Fsp3) is 0.286. The van der Waals surface area contributed by atoms with Crippen LogP contribution in [0, 0.1) is 0 Å². The normalized spacial score (nSPS) is 18.7. The Morgan fingerprint density at radius 2 is 2.00 bits per heavy atom. The lowest BCUT2D eigenvalue weighted by molar-refractivity contribution is -0.114. The minimum absolute atomic E-state index is 0.0825. The molecule has 0 bridgehead atoms. The molecule has 0 aliphatic carbocycles. The van der Waals surface area contributed by atoms with Crippen molar-refractivity contribution >= 4 is 11.8 Å². The Kier molecular flexibility index (Phi) is 3.55. The quantitative estimate of drug-likeness (QED) is 0.872. The number of amides is 2. The van der Waals surface area contributed by atoms with E-state index in [-0.39, 0.29) is 11.8 Å². The third-order valence-corrected chi connectivity index (χ3v) is 3.10. The van der Waals surface area contributed by atoms with E-state index in [1.54, 1.807) is 20.1 Å². The molecule has 2 rings (SSSR count). The van der Waals surface area contributed by atoms with Crippen molar-refractivity contribution < 1.29 is 14.3 Å². The third-order valence-electron chi connectivity index (χ3n) is 3.10. The van der Waals surface area contributed by atoms with Gasteiger partial charge in [0.25, 0.3) is 0 Å². The molecular weight excluding hydrogens is 244 g/mol. The molecular formula is C14H16N2O3.